The molecule has 0 aromatic carbocycles. The molecule has 1 rings (SSSR count). The van der Waals surface area contributed by atoms with E-state index in [-0.39, 0.29) is 6.42 Å². The molecule has 0 radical (unpaired) electrons. The van der Waals surface area contributed by atoms with Crippen LogP contribution in [0.2, 0.25) is 0 Å². The topological polar surface area (TPSA) is 79.5 Å². The van der Waals surface area contributed by atoms with Crippen LogP contribution >= 0.6 is 0 Å². The van der Waals surface area contributed by atoms with E-state index >= 15 is 0 Å². The first kappa shape index (κ1) is 16.3. The van der Waals surface area contributed by atoms with Gasteiger partial charge < -0.3 is 14.8 Å². The first-order valence-corrected chi connectivity index (χ1v) is 7.18. The minimum atomic E-state index is -0.789. The zero-order chi connectivity index (χ0) is 14.8. The van der Waals surface area contributed by atoms with Gasteiger partial charge in [-0.2, -0.15) is 0 Å². The molecule has 2 N–H and O–H groups in total. The SMILES string of the molecule is O=C(O)CCCCCCCCC(C(=O)O)n1cccc1. The second-order valence-corrected chi connectivity index (χ2v) is 5.04. The van der Waals surface area contributed by atoms with Crippen molar-refractivity contribution in [3.63, 3.8) is 0 Å². The number of aromatic nitrogens is 1. The van der Waals surface area contributed by atoms with Crippen LogP contribution in [0.25, 0.3) is 0 Å². The van der Waals surface area contributed by atoms with Crippen LogP contribution in [0.15, 0.2) is 24.5 Å². The lowest BCUT2D eigenvalue weighted by molar-refractivity contribution is -0.141. The predicted octanol–water partition coefficient (Wildman–Crippen LogP) is 3.32. The van der Waals surface area contributed by atoms with Gasteiger partial charge in [0.2, 0.25) is 0 Å². The largest absolute Gasteiger partial charge is 0.481 e. The Balaban J connectivity index is 2.10. The smallest absolute Gasteiger partial charge is 0.326 e. The van der Waals surface area contributed by atoms with Gasteiger partial charge in [0, 0.05) is 18.8 Å². The van der Waals surface area contributed by atoms with E-state index in [0.29, 0.717) is 6.42 Å². The second-order valence-electron chi connectivity index (χ2n) is 5.04. The van der Waals surface area contributed by atoms with Crippen molar-refractivity contribution >= 4 is 11.9 Å². The Kier molecular flexibility index (Phi) is 7.47. The molecule has 0 saturated heterocycles. The highest BCUT2D eigenvalue weighted by Gasteiger charge is 2.17. The van der Waals surface area contributed by atoms with E-state index in [1.54, 1.807) is 17.0 Å². The quantitative estimate of drug-likeness (QED) is 0.610. The number of carboxylic acid groups (broad SMARTS) is 2. The minimum Gasteiger partial charge on any atom is -0.481 e. The highest BCUT2D eigenvalue weighted by Crippen LogP contribution is 2.17. The molecule has 0 bridgehead atoms. The van der Waals surface area contributed by atoms with Gasteiger partial charge in [-0.15, -0.1) is 0 Å². The summed E-state index contributed by atoms with van der Waals surface area (Å²) in [6, 6.07) is 3.19. The number of unbranched alkanes of at least 4 members (excludes halogenated alkanes) is 5. The normalized spacial score (nSPS) is 12.2. The van der Waals surface area contributed by atoms with Crippen LogP contribution in [0.5, 0.6) is 0 Å². The predicted molar refractivity (Wildman–Crippen MR) is 75.7 cm³/mol. The number of rotatable bonds is 11. The van der Waals surface area contributed by atoms with Gasteiger partial charge in [-0.25, -0.2) is 4.79 Å². The van der Waals surface area contributed by atoms with E-state index in [0.717, 1.165) is 38.5 Å². The first-order chi connectivity index (χ1) is 9.61. The number of hydrogen-bond donors (Lipinski definition) is 2. The van der Waals surface area contributed by atoms with Gasteiger partial charge in [0.15, 0.2) is 0 Å². The van der Waals surface area contributed by atoms with Crippen molar-refractivity contribution in [1.29, 1.82) is 0 Å². The van der Waals surface area contributed by atoms with Crippen LogP contribution in [-0.4, -0.2) is 26.7 Å². The third-order valence-electron chi connectivity index (χ3n) is 3.39. The maximum absolute atomic E-state index is 11.2. The fourth-order valence-electron chi connectivity index (χ4n) is 2.28. The Labute approximate surface area is 119 Å². The van der Waals surface area contributed by atoms with E-state index < -0.39 is 18.0 Å². The van der Waals surface area contributed by atoms with Crippen LogP contribution in [-0.2, 0) is 9.59 Å². The van der Waals surface area contributed by atoms with Crippen LogP contribution in [0.4, 0.5) is 0 Å². The van der Waals surface area contributed by atoms with Gasteiger partial charge in [-0.05, 0) is 25.0 Å². The Bertz CT molecular complexity index is 400. The van der Waals surface area contributed by atoms with Crippen LogP contribution in [0, 0.1) is 0 Å². The molecule has 112 valence electrons. The van der Waals surface area contributed by atoms with Crippen LogP contribution in [0.1, 0.15) is 57.4 Å². The van der Waals surface area contributed by atoms with Crippen molar-refractivity contribution in [3.8, 4) is 0 Å². The molecule has 0 amide bonds. The second kappa shape index (κ2) is 9.18. The van der Waals surface area contributed by atoms with E-state index in [4.69, 9.17) is 5.11 Å². The summed E-state index contributed by atoms with van der Waals surface area (Å²) >= 11 is 0. The van der Waals surface area contributed by atoms with Crippen molar-refractivity contribution in [2.75, 3.05) is 0 Å². The molecule has 1 atom stereocenters. The summed E-state index contributed by atoms with van der Waals surface area (Å²) in [4.78, 5) is 21.5. The first-order valence-electron chi connectivity index (χ1n) is 7.18. The average molecular weight is 281 g/mol. The number of carbonyl (C=O) groups is 2. The zero-order valence-corrected chi connectivity index (χ0v) is 11.7. The number of nitrogens with zero attached hydrogens (tertiary/aromatic N) is 1. The van der Waals surface area contributed by atoms with Gasteiger partial charge in [0.05, 0.1) is 0 Å². The lowest BCUT2D eigenvalue weighted by Gasteiger charge is -2.14. The summed E-state index contributed by atoms with van der Waals surface area (Å²) in [5.74, 6) is -1.52. The van der Waals surface area contributed by atoms with Crippen LogP contribution < -0.4 is 0 Å². The Hall–Kier alpha value is -1.78. The van der Waals surface area contributed by atoms with Crippen molar-refractivity contribution in [2.24, 2.45) is 0 Å². The molecule has 0 spiro atoms. The molecule has 1 aromatic heterocycles. The fourth-order valence-corrected chi connectivity index (χ4v) is 2.28. The molecule has 5 heteroatoms. The van der Waals surface area contributed by atoms with E-state index in [2.05, 4.69) is 0 Å². The molecule has 1 heterocycles. The summed E-state index contributed by atoms with van der Waals surface area (Å²) < 4.78 is 1.73. The van der Waals surface area contributed by atoms with Crippen molar-refractivity contribution in [1.82, 2.24) is 4.57 Å². The highest BCUT2D eigenvalue weighted by atomic mass is 16.4. The minimum absolute atomic E-state index is 0.245. The maximum Gasteiger partial charge on any atom is 0.326 e. The molecule has 20 heavy (non-hydrogen) atoms. The van der Waals surface area contributed by atoms with Gasteiger partial charge in [0.25, 0.3) is 0 Å². The Morgan fingerprint density at radius 1 is 0.900 bits per heavy atom. The summed E-state index contributed by atoms with van der Waals surface area (Å²) in [6.07, 6.45) is 10.1. The number of carboxylic acids is 2. The molecule has 1 aromatic rings. The van der Waals surface area contributed by atoms with Crippen molar-refractivity contribution in [3.05, 3.63) is 24.5 Å². The number of aliphatic carboxylic acids is 2. The van der Waals surface area contributed by atoms with Crippen LogP contribution in [0.3, 0.4) is 0 Å². The number of hydrogen-bond acceptors (Lipinski definition) is 2. The van der Waals surface area contributed by atoms with Gasteiger partial charge in [0.1, 0.15) is 6.04 Å². The molecule has 1 unspecified atom stereocenters. The van der Waals surface area contributed by atoms with E-state index in [1.807, 2.05) is 12.1 Å². The molecule has 0 saturated carbocycles. The third-order valence-corrected chi connectivity index (χ3v) is 3.39. The molecule has 0 aliphatic rings. The Morgan fingerprint density at radius 2 is 1.45 bits per heavy atom. The average Bonchev–Trinajstić information content (AvgIpc) is 2.89. The summed E-state index contributed by atoms with van der Waals surface area (Å²) in [5, 5.41) is 17.7. The molecular weight excluding hydrogens is 258 g/mol. The summed E-state index contributed by atoms with van der Waals surface area (Å²) in [6.45, 7) is 0. The molecule has 0 aliphatic heterocycles. The summed E-state index contributed by atoms with van der Waals surface area (Å²) in [7, 11) is 0. The highest BCUT2D eigenvalue weighted by molar-refractivity contribution is 5.71. The Morgan fingerprint density at radius 3 is 2.00 bits per heavy atom. The standard InChI is InChI=1S/C15H23NO4/c17-14(18)10-6-4-2-1-3-5-9-13(15(19)20)16-11-7-8-12-16/h7-8,11-13H,1-6,9-10H2,(H,17,18)(H,19,20). The molecule has 5 nitrogen and oxygen atoms in total. The monoisotopic (exact) mass is 281 g/mol. The molecule has 0 aliphatic carbocycles. The maximum atomic E-state index is 11.2. The van der Waals surface area contributed by atoms with Gasteiger partial charge in [-0.1, -0.05) is 32.1 Å². The van der Waals surface area contributed by atoms with Crippen molar-refractivity contribution in [2.45, 2.75) is 57.4 Å². The molecular formula is C15H23NO4. The summed E-state index contributed by atoms with van der Waals surface area (Å²) in [5.41, 5.74) is 0. The van der Waals surface area contributed by atoms with Gasteiger partial charge in [-0.3, -0.25) is 4.79 Å². The zero-order valence-electron chi connectivity index (χ0n) is 11.7. The van der Waals surface area contributed by atoms with Crippen molar-refractivity contribution < 1.29 is 19.8 Å². The lowest BCUT2D eigenvalue weighted by Crippen LogP contribution is -2.17. The molecule has 0 fully saturated rings. The fraction of sp³-hybridized carbons (Fsp3) is 0.600. The van der Waals surface area contributed by atoms with E-state index in [9.17, 15) is 14.7 Å². The van der Waals surface area contributed by atoms with Gasteiger partial charge >= 0.3 is 11.9 Å². The van der Waals surface area contributed by atoms with E-state index in [1.165, 1.54) is 0 Å². The third kappa shape index (κ3) is 6.41. The lowest BCUT2D eigenvalue weighted by atomic mass is 10.0.